The molecule has 0 spiro atoms. The lowest BCUT2D eigenvalue weighted by Gasteiger charge is -2.24. The van der Waals surface area contributed by atoms with Crippen molar-refractivity contribution in [2.24, 2.45) is 5.92 Å². The van der Waals surface area contributed by atoms with E-state index in [1.165, 1.54) is 11.1 Å². The number of ether oxygens (including phenoxy) is 1. The van der Waals surface area contributed by atoms with Crippen molar-refractivity contribution in [1.82, 2.24) is 0 Å². The minimum atomic E-state index is -0.123. The molecule has 0 saturated carbocycles. The highest BCUT2D eigenvalue weighted by molar-refractivity contribution is 5.69. The summed E-state index contributed by atoms with van der Waals surface area (Å²) in [4.78, 5) is 11.8. The molecule has 2 nitrogen and oxygen atoms in total. The highest BCUT2D eigenvalue weighted by Gasteiger charge is 2.23. The molecule has 1 unspecified atom stereocenters. The Labute approximate surface area is 126 Å². The summed E-state index contributed by atoms with van der Waals surface area (Å²) in [6.07, 6.45) is 0.433. The molecule has 2 aromatic rings. The van der Waals surface area contributed by atoms with Crippen LogP contribution in [0.25, 0.3) is 0 Å². The zero-order chi connectivity index (χ0) is 15.1. The molecule has 0 aliphatic heterocycles. The van der Waals surface area contributed by atoms with Crippen molar-refractivity contribution in [1.29, 1.82) is 0 Å². The normalized spacial score (nSPS) is 12.1. The van der Waals surface area contributed by atoms with Crippen molar-refractivity contribution in [3.8, 4) is 0 Å². The monoisotopic (exact) mass is 282 g/mol. The van der Waals surface area contributed by atoms with E-state index in [9.17, 15) is 4.79 Å². The summed E-state index contributed by atoms with van der Waals surface area (Å²) in [5, 5.41) is 0. The average Bonchev–Trinajstić information content (AvgIpc) is 2.50. The summed E-state index contributed by atoms with van der Waals surface area (Å²) in [5.41, 5.74) is 2.47. The van der Waals surface area contributed by atoms with Gasteiger partial charge in [-0.25, -0.2) is 0 Å². The van der Waals surface area contributed by atoms with Crippen LogP contribution in [0, 0.1) is 5.92 Å². The molecule has 2 heteroatoms. The molecule has 0 heterocycles. The molecule has 0 amide bonds. The Morgan fingerprint density at radius 3 is 1.86 bits per heavy atom. The number of rotatable bonds is 6. The van der Waals surface area contributed by atoms with Crippen molar-refractivity contribution in [3.05, 3.63) is 71.8 Å². The van der Waals surface area contributed by atoms with Crippen LogP contribution in [0.4, 0.5) is 0 Å². The van der Waals surface area contributed by atoms with Gasteiger partial charge in [-0.3, -0.25) is 4.79 Å². The predicted molar refractivity (Wildman–Crippen MR) is 85.1 cm³/mol. The van der Waals surface area contributed by atoms with Crippen LogP contribution in [-0.2, 0) is 9.53 Å². The molecule has 110 valence electrons. The van der Waals surface area contributed by atoms with E-state index < -0.39 is 0 Å². The average molecular weight is 282 g/mol. The molecule has 0 N–H and O–H groups in total. The van der Waals surface area contributed by atoms with E-state index in [-0.39, 0.29) is 17.8 Å². The third-order valence-electron chi connectivity index (χ3n) is 3.68. The summed E-state index contributed by atoms with van der Waals surface area (Å²) in [6, 6.07) is 20.7. The van der Waals surface area contributed by atoms with Crippen LogP contribution in [0.1, 0.15) is 37.3 Å². The first-order chi connectivity index (χ1) is 10.2. The Morgan fingerprint density at radius 1 is 0.952 bits per heavy atom. The van der Waals surface area contributed by atoms with Crippen LogP contribution in [0.3, 0.4) is 0 Å². The maximum atomic E-state index is 11.8. The molecule has 0 aromatic heterocycles. The Kier molecular flexibility index (Phi) is 5.56. The number of hydrogen-bond donors (Lipinski definition) is 0. The molecule has 0 saturated heterocycles. The van der Waals surface area contributed by atoms with Crippen LogP contribution in [0.5, 0.6) is 0 Å². The minimum Gasteiger partial charge on any atom is -0.466 e. The summed E-state index contributed by atoms with van der Waals surface area (Å²) < 4.78 is 5.10. The second kappa shape index (κ2) is 7.63. The number of hydrogen-bond acceptors (Lipinski definition) is 2. The zero-order valence-corrected chi connectivity index (χ0v) is 12.7. The van der Waals surface area contributed by atoms with Crippen molar-refractivity contribution in [2.75, 3.05) is 6.61 Å². The highest BCUT2D eigenvalue weighted by atomic mass is 16.5. The van der Waals surface area contributed by atoms with E-state index >= 15 is 0 Å². The van der Waals surface area contributed by atoms with Gasteiger partial charge in [-0.2, -0.15) is 0 Å². The Balaban J connectivity index is 2.26. The third kappa shape index (κ3) is 4.19. The maximum absolute atomic E-state index is 11.8. The van der Waals surface area contributed by atoms with Crippen molar-refractivity contribution in [2.45, 2.75) is 26.2 Å². The second-order valence-corrected chi connectivity index (χ2v) is 5.29. The third-order valence-corrected chi connectivity index (χ3v) is 3.68. The van der Waals surface area contributed by atoms with E-state index in [2.05, 4.69) is 31.2 Å². The van der Waals surface area contributed by atoms with Gasteiger partial charge in [0, 0.05) is 12.3 Å². The van der Waals surface area contributed by atoms with E-state index in [0.29, 0.717) is 13.0 Å². The number of benzene rings is 2. The second-order valence-electron chi connectivity index (χ2n) is 5.29. The molecule has 2 aromatic carbocycles. The molecule has 0 bridgehead atoms. The van der Waals surface area contributed by atoms with Crippen molar-refractivity contribution >= 4 is 5.97 Å². The quantitative estimate of drug-likeness (QED) is 0.734. The van der Waals surface area contributed by atoms with E-state index in [1.54, 1.807) is 0 Å². The Morgan fingerprint density at radius 2 is 1.43 bits per heavy atom. The number of carbonyl (C=O) groups is 1. The fourth-order valence-electron chi connectivity index (χ4n) is 2.77. The lowest BCUT2D eigenvalue weighted by Crippen LogP contribution is -2.17. The van der Waals surface area contributed by atoms with Gasteiger partial charge in [-0.15, -0.1) is 0 Å². The van der Waals surface area contributed by atoms with Crippen LogP contribution in [-0.4, -0.2) is 12.6 Å². The van der Waals surface area contributed by atoms with Gasteiger partial charge >= 0.3 is 5.97 Å². The fraction of sp³-hybridized carbons (Fsp3) is 0.316. The van der Waals surface area contributed by atoms with Gasteiger partial charge < -0.3 is 4.74 Å². The summed E-state index contributed by atoms with van der Waals surface area (Å²) in [7, 11) is 0. The topological polar surface area (TPSA) is 26.3 Å². The molecule has 0 fully saturated rings. The first kappa shape index (κ1) is 15.3. The lowest BCUT2D eigenvalue weighted by molar-refractivity contribution is -0.144. The largest absolute Gasteiger partial charge is 0.466 e. The van der Waals surface area contributed by atoms with E-state index in [4.69, 9.17) is 4.74 Å². The Hall–Kier alpha value is -2.09. The summed E-state index contributed by atoms with van der Waals surface area (Å²) in [5.74, 6) is 0.271. The first-order valence-electron chi connectivity index (χ1n) is 7.48. The molecule has 0 radical (unpaired) electrons. The lowest BCUT2D eigenvalue weighted by atomic mass is 9.80. The van der Waals surface area contributed by atoms with Crippen LogP contribution < -0.4 is 0 Å². The molecule has 1 atom stereocenters. The molecular formula is C19H22O2. The molecule has 0 aliphatic carbocycles. The molecular weight excluding hydrogens is 260 g/mol. The summed E-state index contributed by atoms with van der Waals surface area (Å²) >= 11 is 0. The van der Waals surface area contributed by atoms with Crippen LogP contribution >= 0.6 is 0 Å². The van der Waals surface area contributed by atoms with Gasteiger partial charge in [-0.05, 0) is 24.0 Å². The van der Waals surface area contributed by atoms with Crippen LogP contribution in [0.2, 0.25) is 0 Å². The SMILES string of the molecule is CCOC(=O)CC(C)C(c1ccccc1)c1ccccc1. The highest BCUT2D eigenvalue weighted by Crippen LogP contribution is 2.33. The first-order valence-corrected chi connectivity index (χ1v) is 7.48. The van der Waals surface area contributed by atoms with Gasteiger partial charge in [0.1, 0.15) is 0 Å². The smallest absolute Gasteiger partial charge is 0.306 e. The van der Waals surface area contributed by atoms with Gasteiger partial charge in [0.25, 0.3) is 0 Å². The minimum absolute atomic E-state index is 0.123. The van der Waals surface area contributed by atoms with Crippen molar-refractivity contribution < 1.29 is 9.53 Å². The van der Waals surface area contributed by atoms with Gasteiger partial charge in [-0.1, -0.05) is 67.6 Å². The predicted octanol–water partition coefficient (Wildman–Crippen LogP) is 4.41. The Bertz CT molecular complexity index is 509. The number of esters is 1. The van der Waals surface area contributed by atoms with Crippen LogP contribution in [0.15, 0.2) is 60.7 Å². The number of carbonyl (C=O) groups excluding carboxylic acids is 1. The zero-order valence-electron chi connectivity index (χ0n) is 12.7. The summed E-state index contributed by atoms with van der Waals surface area (Å²) in [6.45, 7) is 4.39. The van der Waals surface area contributed by atoms with E-state index in [1.807, 2.05) is 43.3 Å². The molecule has 0 aliphatic rings. The van der Waals surface area contributed by atoms with Gasteiger partial charge in [0.15, 0.2) is 0 Å². The maximum Gasteiger partial charge on any atom is 0.306 e. The van der Waals surface area contributed by atoms with E-state index in [0.717, 1.165) is 0 Å². The standard InChI is InChI=1S/C19H22O2/c1-3-21-18(20)14-15(2)19(16-10-6-4-7-11-16)17-12-8-5-9-13-17/h4-13,15,19H,3,14H2,1-2H3. The van der Waals surface area contributed by atoms with Gasteiger partial charge in [0.05, 0.1) is 6.61 Å². The fourth-order valence-corrected chi connectivity index (χ4v) is 2.77. The van der Waals surface area contributed by atoms with Gasteiger partial charge in [0.2, 0.25) is 0 Å². The molecule has 2 rings (SSSR count). The van der Waals surface area contributed by atoms with Crippen molar-refractivity contribution in [3.63, 3.8) is 0 Å². The molecule has 21 heavy (non-hydrogen) atoms.